The van der Waals surface area contributed by atoms with Crippen LogP contribution in [0.2, 0.25) is 0 Å². The standard InChI is InChI=1S/C12H15N5O/c1-7-4-6-14-10-9(7)16-12(13)17(10)8-3-2-5-15-11(8)18/h4,6,8H,2-3,5H2,1H3,(H2,13,16)(H,15,18). The molecule has 6 heteroatoms. The second kappa shape index (κ2) is 3.97. The Morgan fingerprint density at radius 1 is 1.56 bits per heavy atom. The number of imidazole rings is 1. The van der Waals surface area contributed by atoms with Crippen molar-refractivity contribution in [3.05, 3.63) is 17.8 Å². The lowest BCUT2D eigenvalue weighted by atomic mass is 10.1. The van der Waals surface area contributed by atoms with Gasteiger partial charge in [-0.2, -0.15) is 0 Å². The Balaban J connectivity index is 2.19. The van der Waals surface area contributed by atoms with Crippen molar-refractivity contribution in [3.8, 4) is 0 Å². The minimum Gasteiger partial charge on any atom is -0.369 e. The highest BCUT2D eigenvalue weighted by Crippen LogP contribution is 2.27. The number of amides is 1. The van der Waals surface area contributed by atoms with Gasteiger partial charge in [0.05, 0.1) is 0 Å². The molecule has 2 aromatic rings. The quantitative estimate of drug-likeness (QED) is 0.777. The highest BCUT2D eigenvalue weighted by molar-refractivity contribution is 5.85. The normalized spacial score (nSPS) is 20.1. The highest BCUT2D eigenvalue weighted by atomic mass is 16.2. The number of aryl methyl sites for hydroxylation is 1. The van der Waals surface area contributed by atoms with Gasteiger partial charge >= 0.3 is 0 Å². The highest BCUT2D eigenvalue weighted by Gasteiger charge is 2.27. The summed E-state index contributed by atoms with van der Waals surface area (Å²) < 4.78 is 1.75. The molecular weight excluding hydrogens is 230 g/mol. The summed E-state index contributed by atoms with van der Waals surface area (Å²) in [6.45, 7) is 2.69. The van der Waals surface area contributed by atoms with Crippen molar-refractivity contribution in [2.24, 2.45) is 0 Å². The second-order valence-corrected chi connectivity index (χ2v) is 4.59. The van der Waals surface area contributed by atoms with Crippen LogP contribution in [0, 0.1) is 6.92 Å². The summed E-state index contributed by atoms with van der Waals surface area (Å²) in [4.78, 5) is 20.6. The molecule has 0 radical (unpaired) electrons. The third kappa shape index (κ3) is 1.53. The number of nitrogens with two attached hydrogens (primary N) is 1. The van der Waals surface area contributed by atoms with E-state index in [1.54, 1.807) is 10.8 Å². The first-order chi connectivity index (χ1) is 8.68. The molecule has 1 atom stereocenters. The number of aromatic nitrogens is 3. The molecule has 94 valence electrons. The van der Waals surface area contributed by atoms with E-state index in [9.17, 15) is 4.79 Å². The van der Waals surface area contributed by atoms with E-state index < -0.39 is 0 Å². The zero-order valence-corrected chi connectivity index (χ0v) is 10.2. The monoisotopic (exact) mass is 245 g/mol. The molecule has 0 spiro atoms. The largest absolute Gasteiger partial charge is 0.369 e. The Hall–Kier alpha value is -2.11. The van der Waals surface area contributed by atoms with E-state index >= 15 is 0 Å². The van der Waals surface area contributed by atoms with Gasteiger partial charge in [-0.15, -0.1) is 0 Å². The van der Waals surface area contributed by atoms with Gasteiger partial charge in [-0.3, -0.25) is 9.36 Å². The van der Waals surface area contributed by atoms with Crippen LogP contribution < -0.4 is 11.1 Å². The number of rotatable bonds is 1. The van der Waals surface area contributed by atoms with Gasteiger partial charge in [0, 0.05) is 12.7 Å². The average molecular weight is 245 g/mol. The van der Waals surface area contributed by atoms with Crippen molar-refractivity contribution < 1.29 is 4.79 Å². The molecule has 3 rings (SSSR count). The van der Waals surface area contributed by atoms with Crippen LogP contribution in [0.1, 0.15) is 24.4 Å². The van der Waals surface area contributed by atoms with Gasteiger partial charge in [0.25, 0.3) is 0 Å². The van der Waals surface area contributed by atoms with Gasteiger partial charge in [0.1, 0.15) is 11.6 Å². The van der Waals surface area contributed by atoms with Crippen LogP contribution in [0.5, 0.6) is 0 Å². The number of nitrogens with one attached hydrogen (secondary N) is 1. The molecule has 1 amide bonds. The Labute approximate surface area is 104 Å². The molecule has 1 aliphatic heterocycles. The number of piperidine rings is 1. The molecule has 1 unspecified atom stereocenters. The summed E-state index contributed by atoms with van der Waals surface area (Å²) >= 11 is 0. The Kier molecular flexibility index (Phi) is 2.43. The maximum absolute atomic E-state index is 11.9. The van der Waals surface area contributed by atoms with Crippen LogP contribution in [-0.4, -0.2) is 27.0 Å². The van der Waals surface area contributed by atoms with Crippen molar-refractivity contribution in [1.29, 1.82) is 0 Å². The molecule has 1 saturated heterocycles. The summed E-state index contributed by atoms with van der Waals surface area (Å²) in [6.07, 6.45) is 3.44. The summed E-state index contributed by atoms with van der Waals surface area (Å²) in [5.74, 6) is 0.351. The van der Waals surface area contributed by atoms with E-state index in [1.165, 1.54) is 0 Å². The van der Waals surface area contributed by atoms with Crippen molar-refractivity contribution in [2.75, 3.05) is 12.3 Å². The SMILES string of the molecule is Cc1ccnc2c1nc(N)n2C1CCCNC1=O. The number of anilines is 1. The molecule has 3 N–H and O–H groups in total. The number of carbonyl (C=O) groups is 1. The fourth-order valence-electron chi connectivity index (χ4n) is 2.44. The predicted octanol–water partition coefficient (Wildman–Crippen LogP) is 0.773. The van der Waals surface area contributed by atoms with E-state index in [4.69, 9.17) is 5.73 Å². The van der Waals surface area contributed by atoms with Crippen LogP contribution >= 0.6 is 0 Å². The predicted molar refractivity (Wildman–Crippen MR) is 68.0 cm³/mol. The molecule has 6 nitrogen and oxygen atoms in total. The van der Waals surface area contributed by atoms with Gasteiger partial charge in [-0.05, 0) is 31.4 Å². The van der Waals surface area contributed by atoms with Crippen LogP contribution in [-0.2, 0) is 4.79 Å². The zero-order valence-electron chi connectivity index (χ0n) is 10.2. The van der Waals surface area contributed by atoms with Gasteiger partial charge < -0.3 is 11.1 Å². The minimum atomic E-state index is -0.293. The van der Waals surface area contributed by atoms with Crippen molar-refractivity contribution in [1.82, 2.24) is 19.9 Å². The van der Waals surface area contributed by atoms with Gasteiger partial charge in [-0.1, -0.05) is 0 Å². The molecule has 1 aliphatic rings. The number of nitrogen functional groups attached to an aromatic ring is 1. The van der Waals surface area contributed by atoms with Crippen LogP contribution in [0.25, 0.3) is 11.2 Å². The Morgan fingerprint density at radius 2 is 2.39 bits per heavy atom. The molecule has 0 saturated carbocycles. The first-order valence-electron chi connectivity index (χ1n) is 6.05. The summed E-state index contributed by atoms with van der Waals surface area (Å²) in [6, 6.07) is 1.60. The topological polar surface area (TPSA) is 85.8 Å². The van der Waals surface area contributed by atoms with Gasteiger partial charge in [0.2, 0.25) is 11.9 Å². The number of nitrogens with zero attached hydrogens (tertiary/aromatic N) is 3. The number of fused-ring (bicyclic) bond motifs is 1. The maximum atomic E-state index is 11.9. The zero-order chi connectivity index (χ0) is 12.7. The molecule has 0 bridgehead atoms. The Bertz CT molecular complexity index is 618. The lowest BCUT2D eigenvalue weighted by molar-refractivity contribution is -0.125. The molecule has 1 fully saturated rings. The van der Waals surface area contributed by atoms with Gasteiger partial charge in [-0.25, -0.2) is 9.97 Å². The smallest absolute Gasteiger partial charge is 0.243 e. The van der Waals surface area contributed by atoms with E-state index in [2.05, 4.69) is 15.3 Å². The van der Waals surface area contributed by atoms with E-state index in [1.807, 2.05) is 13.0 Å². The number of hydrogen-bond donors (Lipinski definition) is 2. The fourth-order valence-corrected chi connectivity index (χ4v) is 2.44. The first-order valence-corrected chi connectivity index (χ1v) is 6.05. The summed E-state index contributed by atoms with van der Waals surface area (Å²) in [5.41, 5.74) is 8.42. The second-order valence-electron chi connectivity index (χ2n) is 4.59. The number of pyridine rings is 1. The lowest BCUT2D eigenvalue weighted by Crippen LogP contribution is -2.38. The Morgan fingerprint density at radius 3 is 3.17 bits per heavy atom. The summed E-state index contributed by atoms with van der Waals surface area (Å²) in [7, 11) is 0. The van der Waals surface area contributed by atoms with E-state index in [0.717, 1.165) is 30.5 Å². The lowest BCUT2D eigenvalue weighted by Gasteiger charge is -2.23. The van der Waals surface area contributed by atoms with Crippen molar-refractivity contribution in [3.63, 3.8) is 0 Å². The van der Waals surface area contributed by atoms with E-state index in [-0.39, 0.29) is 11.9 Å². The summed E-state index contributed by atoms with van der Waals surface area (Å²) in [5, 5.41) is 2.86. The number of hydrogen-bond acceptors (Lipinski definition) is 4. The first kappa shape index (κ1) is 11.0. The van der Waals surface area contributed by atoms with Crippen LogP contribution in [0.15, 0.2) is 12.3 Å². The molecule has 18 heavy (non-hydrogen) atoms. The fraction of sp³-hybridized carbons (Fsp3) is 0.417. The van der Waals surface area contributed by atoms with E-state index in [0.29, 0.717) is 11.6 Å². The molecular formula is C12H15N5O. The minimum absolute atomic E-state index is 0.00411. The van der Waals surface area contributed by atoms with Crippen molar-refractivity contribution >= 4 is 23.0 Å². The van der Waals surface area contributed by atoms with Crippen LogP contribution in [0.4, 0.5) is 5.95 Å². The van der Waals surface area contributed by atoms with Crippen LogP contribution in [0.3, 0.4) is 0 Å². The molecule has 3 heterocycles. The van der Waals surface area contributed by atoms with Crippen molar-refractivity contribution in [2.45, 2.75) is 25.8 Å². The van der Waals surface area contributed by atoms with Gasteiger partial charge in [0.15, 0.2) is 5.65 Å². The third-order valence-electron chi connectivity index (χ3n) is 3.38. The number of carbonyl (C=O) groups excluding carboxylic acids is 1. The molecule has 0 aromatic carbocycles. The molecule has 2 aromatic heterocycles. The third-order valence-corrected chi connectivity index (χ3v) is 3.38. The maximum Gasteiger partial charge on any atom is 0.243 e. The molecule has 0 aliphatic carbocycles. The average Bonchev–Trinajstić information content (AvgIpc) is 2.68.